The lowest BCUT2D eigenvalue weighted by atomic mass is 9.81. The van der Waals surface area contributed by atoms with Crippen LogP contribution in [0.4, 0.5) is 0 Å². The molecule has 7 rings (SSSR count). The molecule has 0 spiro atoms. The molecule has 298 valence electrons. The van der Waals surface area contributed by atoms with Crippen LogP contribution in [0.2, 0.25) is 0 Å². The van der Waals surface area contributed by atoms with Gasteiger partial charge in [-0.15, -0.1) is 0 Å². The number of aliphatic hydroxyl groups is 4. The van der Waals surface area contributed by atoms with Crippen LogP contribution in [0.15, 0.2) is 12.2 Å². The minimum Gasteiger partial charge on any atom is -0.394 e. The summed E-state index contributed by atoms with van der Waals surface area (Å²) in [6.45, 7) is 6.05. The average Bonchev–Trinajstić information content (AvgIpc) is 3.76. The lowest BCUT2D eigenvalue weighted by molar-refractivity contribution is -0.259. The van der Waals surface area contributed by atoms with E-state index in [-0.39, 0.29) is 86.0 Å². The largest absolute Gasteiger partial charge is 0.394 e. The van der Waals surface area contributed by atoms with Gasteiger partial charge in [-0.25, -0.2) is 0 Å². The molecule has 7 aliphatic rings. The molecule has 0 saturated carbocycles. The molecule has 8 bridgehead atoms. The molecule has 0 aromatic heterocycles. The Morgan fingerprint density at radius 3 is 2.23 bits per heavy atom. The first-order valence-electron chi connectivity index (χ1n) is 19.8. The molecule has 18 atom stereocenters. The van der Waals surface area contributed by atoms with Crippen LogP contribution in [0.5, 0.6) is 0 Å². The molecule has 0 aromatic carbocycles. The molecule has 0 aromatic rings. The van der Waals surface area contributed by atoms with Crippen molar-refractivity contribution in [1.29, 1.82) is 0 Å². The number of ether oxygens (including phenoxy) is 7. The van der Waals surface area contributed by atoms with Crippen molar-refractivity contribution >= 4 is 17.3 Å². The predicted octanol–water partition coefficient (Wildman–Crippen LogP) is 1.28. The van der Waals surface area contributed by atoms with Crippen LogP contribution in [-0.2, 0) is 47.5 Å². The standard InChI is InChI=1S/C39H58O14/c1-18-10-23-6-8-28-27(44)15-25(48-28)5-4-20(41)13-32-34(45)38-39(53-32)35(46)37-29(52-38)9-7-24(50-37)11-21(42)12-26-31(16-30(49-23)19(18)2)51-33(36(26)47-3)14-22(43)17-40/h18,22-26,28-40,43,45-46H,2,4-17H2,1,3H3/t18-,22?,23?,24?,25?,26?,28?,29?,30?,31+,32-,33?,34?,35?,36-,37+,38+,39?/m1/s1. The lowest BCUT2D eigenvalue weighted by Crippen LogP contribution is -2.61. The zero-order chi connectivity index (χ0) is 37.6. The molecule has 7 saturated heterocycles. The second-order valence-corrected chi connectivity index (χ2v) is 16.6. The summed E-state index contributed by atoms with van der Waals surface area (Å²) in [6.07, 6.45) is -6.21. The number of carbonyl (C=O) groups excluding carboxylic acids is 3. The van der Waals surface area contributed by atoms with Crippen molar-refractivity contribution in [2.75, 3.05) is 13.7 Å². The van der Waals surface area contributed by atoms with Gasteiger partial charge in [0.25, 0.3) is 0 Å². The van der Waals surface area contributed by atoms with Gasteiger partial charge in [-0.2, -0.15) is 0 Å². The highest BCUT2D eigenvalue weighted by atomic mass is 16.6. The maximum absolute atomic E-state index is 13.9. The molecule has 7 aliphatic heterocycles. The highest BCUT2D eigenvalue weighted by Gasteiger charge is 2.57. The number of Topliss-reactive ketones (excluding diaryl/α,β-unsaturated/α-hetero) is 3. The Morgan fingerprint density at radius 1 is 0.736 bits per heavy atom. The fraction of sp³-hybridized carbons (Fsp3) is 0.872. The molecule has 0 radical (unpaired) electrons. The van der Waals surface area contributed by atoms with Crippen molar-refractivity contribution in [1.82, 2.24) is 0 Å². The van der Waals surface area contributed by atoms with Crippen molar-refractivity contribution in [3.05, 3.63) is 12.2 Å². The number of hydrogen-bond acceptors (Lipinski definition) is 14. The first-order valence-corrected chi connectivity index (χ1v) is 19.8. The molecule has 0 aliphatic carbocycles. The van der Waals surface area contributed by atoms with Gasteiger partial charge in [0.05, 0.1) is 67.6 Å². The third-order valence-electron chi connectivity index (χ3n) is 12.9. The number of methoxy groups -OCH3 is 1. The first kappa shape index (κ1) is 39.5. The number of ketones is 3. The van der Waals surface area contributed by atoms with Crippen LogP contribution in [-0.4, -0.2) is 149 Å². The summed E-state index contributed by atoms with van der Waals surface area (Å²) in [6, 6.07) is 0. The predicted molar refractivity (Wildman–Crippen MR) is 185 cm³/mol. The summed E-state index contributed by atoms with van der Waals surface area (Å²) < 4.78 is 43.8. The number of fused-ring (bicyclic) bond motifs is 7. The Hall–Kier alpha value is -1.69. The van der Waals surface area contributed by atoms with Crippen LogP contribution < -0.4 is 0 Å². The minimum atomic E-state index is -1.13. The Kier molecular flexibility index (Phi) is 12.5. The van der Waals surface area contributed by atoms with Gasteiger partial charge in [-0.1, -0.05) is 13.5 Å². The van der Waals surface area contributed by atoms with E-state index < -0.39 is 86.0 Å². The van der Waals surface area contributed by atoms with E-state index in [1.165, 1.54) is 0 Å². The van der Waals surface area contributed by atoms with Crippen molar-refractivity contribution in [3.8, 4) is 0 Å². The molecule has 14 nitrogen and oxygen atoms in total. The number of carbonyl (C=O) groups is 3. The fourth-order valence-electron chi connectivity index (χ4n) is 10.0. The molecule has 7 heterocycles. The molecule has 4 N–H and O–H groups in total. The van der Waals surface area contributed by atoms with Crippen LogP contribution in [0, 0.1) is 11.8 Å². The summed E-state index contributed by atoms with van der Waals surface area (Å²) in [7, 11) is 1.56. The van der Waals surface area contributed by atoms with Crippen LogP contribution in [0.1, 0.15) is 90.4 Å². The maximum Gasteiger partial charge on any atom is 0.164 e. The average molecular weight is 751 g/mol. The monoisotopic (exact) mass is 750 g/mol. The van der Waals surface area contributed by atoms with E-state index in [1.807, 2.05) is 0 Å². The van der Waals surface area contributed by atoms with Crippen molar-refractivity contribution in [2.24, 2.45) is 11.8 Å². The second-order valence-electron chi connectivity index (χ2n) is 16.6. The molecule has 12 unspecified atom stereocenters. The molecular weight excluding hydrogens is 692 g/mol. The quantitative estimate of drug-likeness (QED) is 0.300. The summed E-state index contributed by atoms with van der Waals surface area (Å²) in [5.41, 5.74) is 0.934. The van der Waals surface area contributed by atoms with E-state index in [0.29, 0.717) is 38.5 Å². The molecule has 53 heavy (non-hydrogen) atoms. The van der Waals surface area contributed by atoms with Gasteiger partial charge in [0.2, 0.25) is 0 Å². The van der Waals surface area contributed by atoms with Gasteiger partial charge in [-0.3, -0.25) is 14.4 Å². The highest BCUT2D eigenvalue weighted by molar-refractivity contribution is 5.85. The Balaban J connectivity index is 1.11. The number of hydrogen-bond donors (Lipinski definition) is 4. The molecule has 14 heteroatoms. The fourth-order valence-corrected chi connectivity index (χ4v) is 10.0. The topological polar surface area (TPSA) is 197 Å². The van der Waals surface area contributed by atoms with E-state index in [1.54, 1.807) is 7.11 Å². The van der Waals surface area contributed by atoms with Gasteiger partial charge >= 0.3 is 0 Å². The van der Waals surface area contributed by atoms with Gasteiger partial charge in [-0.05, 0) is 50.0 Å². The van der Waals surface area contributed by atoms with E-state index in [4.69, 9.17) is 33.2 Å². The number of rotatable bonds is 4. The summed E-state index contributed by atoms with van der Waals surface area (Å²) in [5, 5.41) is 42.5. The van der Waals surface area contributed by atoms with Gasteiger partial charge in [0.1, 0.15) is 48.2 Å². The van der Waals surface area contributed by atoms with Crippen molar-refractivity contribution in [2.45, 2.75) is 188 Å². The van der Waals surface area contributed by atoms with Crippen LogP contribution in [0.25, 0.3) is 0 Å². The summed E-state index contributed by atoms with van der Waals surface area (Å²) in [5.74, 6) is -0.410. The lowest BCUT2D eigenvalue weighted by Gasteiger charge is -2.46. The zero-order valence-electron chi connectivity index (χ0n) is 30.9. The normalized spacial score (nSPS) is 47.7. The third-order valence-corrected chi connectivity index (χ3v) is 12.9. The van der Waals surface area contributed by atoms with Gasteiger partial charge in [0, 0.05) is 58.0 Å². The maximum atomic E-state index is 13.9. The van der Waals surface area contributed by atoms with Gasteiger partial charge in [0.15, 0.2) is 5.78 Å². The third kappa shape index (κ3) is 8.53. The van der Waals surface area contributed by atoms with E-state index in [9.17, 15) is 34.8 Å². The van der Waals surface area contributed by atoms with Gasteiger partial charge < -0.3 is 53.6 Å². The molecule has 7 fully saturated rings. The molecular formula is C39H58O14. The Bertz CT molecular complexity index is 1340. The number of aliphatic hydroxyl groups excluding tert-OH is 4. The van der Waals surface area contributed by atoms with E-state index >= 15 is 0 Å². The van der Waals surface area contributed by atoms with Crippen molar-refractivity contribution < 1.29 is 68.0 Å². The van der Waals surface area contributed by atoms with Crippen molar-refractivity contribution in [3.63, 3.8) is 0 Å². The summed E-state index contributed by atoms with van der Waals surface area (Å²) in [4.78, 5) is 39.9. The van der Waals surface area contributed by atoms with Crippen LogP contribution in [0.3, 0.4) is 0 Å². The Labute approximate surface area is 310 Å². The van der Waals surface area contributed by atoms with E-state index in [2.05, 4.69) is 13.5 Å². The Morgan fingerprint density at radius 2 is 1.45 bits per heavy atom. The first-order chi connectivity index (χ1) is 25.4. The van der Waals surface area contributed by atoms with E-state index in [0.717, 1.165) is 12.0 Å². The summed E-state index contributed by atoms with van der Waals surface area (Å²) >= 11 is 0. The molecule has 0 amide bonds. The minimum absolute atomic E-state index is 0.0120. The second kappa shape index (κ2) is 16.8. The smallest absolute Gasteiger partial charge is 0.164 e. The highest BCUT2D eigenvalue weighted by Crippen LogP contribution is 2.43. The zero-order valence-corrected chi connectivity index (χ0v) is 30.9. The SMILES string of the molecule is C=C1C2C[C@@H]3OC(CC(O)CO)[C@H](OC)C3CC(=O)CC3CCC4O[C@@H]5C(O[C@H](CC(=O)CCC6CC(=O)C(CCC(C[C@H]1C)O2)O6)C5O)C(O)[C@H]4O3. The van der Waals surface area contributed by atoms with Crippen LogP contribution >= 0.6 is 0 Å².